The van der Waals surface area contributed by atoms with Crippen LogP contribution in [0.15, 0.2) is 0 Å². The van der Waals surface area contributed by atoms with E-state index in [1.165, 1.54) is 25.9 Å². The van der Waals surface area contributed by atoms with E-state index in [9.17, 15) is 9.36 Å². The lowest BCUT2D eigenvalue weighted by atomic mass is 9.92. The molecule has 0 saturated carbocycles. The largest absolute Gasteiger partial charge is 0.346 e. The van der Waals surface area contributed by atoms with E-state index < -0.39 is 8.03 Å². The van der Waals surface area contributed by atoms with E-state index >= 15 is 0 Å². The van der Waals surface area contributed by atoms with E-state index in [2.05, 4.69) is 13.8 Å². The van der Waals surface area contributed by atoms with E-state index in [1.54, 1.807) is 0 Å². The molecular weight excluding hydrogens is 273 g/mol. The van der Waals surface area contributed by atoms with Crippen LogP contribution >= 0.6 is 8.03 Å². The minimum Gasteiger partial charge on any atom is -0.346 e. The molecule has 3 unspecified atom stereocenters. The van der Waals surface area contributed by atoms with Gasteiger partial charge in [0.25, 0.3) is 0 Å². The SMILES string of the molecule is CCC1C[N+](CCCC=O)(CCC[PH](=O)O)CC1CC. The highest BCUT2D eigenvalue weighted by molar-refractivity contribution is 7.37. The number of quaternary nitrogens is 1. The second-order valence-electron chi connectivity index (χ2n) is 6.30. The molecule has 1 aliphatic rings. The number of aldehydes is 1. The average Bonchev–Trinajstić information content (AvgIpc) is 2.77. The molecule has 1 fully saturated rings. The third kappa shape index (κ3) is 5.31. The molecule has 5 heteroatoms. The quantitative estimate of drug-likeness (QED) is 0.292. The Morgan fingerprint density at radius 1 is 1.15 bits per heavy atom. The maximum absolute atomic E-state index is 10.9. The molecule has 4 nitrogen and oxygen atoms in total. The van der Waals surface area contributed by atoms with E-state index in [0.29, 0.717) is 12.6 Å². The molecule has 0 bridgehead atoms. The first-order valence-electron chi connectivity index (χ1n) is 8.07. The average molecular weight is 304 g/mol. The molecule has 20 heavy (non-hydrogen) atoms. The minimum absolute atomic E-state index is 0.450. The first-order chi connectivity index (χ1) is 9.56. The van der Waals surface area contributed by atoms with E-state index in [1.807, 2.05) is 0 Å². The van der Waals surface area contributed by atoms with Crippen LogP contribution in [-0.2, 0) is 9.36 Å². The van der Waals surface area contributed by atoms with Crippen LogP contribution in [0.4, 0.5) is 0 Å². The number of hydrogen-bond acceptors (Lipinski definition) is 2. The fourth-order valence-electron chi connectivity index (χ4n) is 3.85. The van der Waals surface area contributed by atoms with Gasteiger partial charge in [-0.15, -0.1) is 0 Å². The number of nitrogens with zero attached hydrogens (tertiary/aromatic N) is 1. The first kappa shape index (κ1) is 17.9. The number of carbonyl (C=O) groups is 1. The highest BCUT2D eigenvalue weighted by atomic mass is 31.1. The minimum atomic E-state index is -2.33. The summed E-state index contributed by atoms with van der Waals surface area (Å²) in [6.07, 6.45) is 6.34. The first-order valence-corrected chi connectivity index (χ1v) is 9.63. The Morgan fingerprint density at radius 2 is 1.70 bits per heavy atom. The molecule has 0 amide bonds. The molecule has 1 heterocycles. The molecule has 0 spiro atoms. The fraction of sp³-hybridized carbons (Fsp3) is 0.933. The summed E-state index contributed by atoms with van der Waals surface area (Å²) in [6, 6.07) is 0. The zero-order chi connectivity index (χ0) is 15.0. The van der Waals surface area contributed by atoms with Gasteiger partial charge >= 0.3 is 0 Å². The van der Waals surface area contributed by atoms with Crippen LogP contribution in [0.5, 0.6) is 0 Å². The molecule has 0 aliphatic carbocycles. The number of carbonyl (C=O) groups excluding carboxylic acids is 1. The zero-order valence-electron chi connectivity index (χ0n) is 13.0. The Kier molecular flexibility index (Phi) is 8.01. The van der Waals surface area contributed by atoms with Gasteiger partial charge in [0, 0.05) is 37.3 Å². The Balaban J connectivity index is 2.64. The van der Waals surface area contributed by atoms with Crippen LogP contribution in [0.3, 0.4) is 0 Å². The summed E-state index contributed by atoms with van der Waals surface area (Å²) in [7, 11) is -2.33. The van der Waals surface area contributed by atoms with Crippen LogP contribution in [0.25, 0.3) is 0 Å². The van der Waals surface area contributed by atoms with Crippen molar-refractivity contribution in [3.8, 4) is 0 Å². The van der Waals surface area contributed by atoms with Gasteiger partial charge in [-0.05, 0) is 12.8 Å². The van der Waals surface area contributed by atoms with Crippen molar-refractivity contribution < 1.29 is 18.7 Å². The smallest absolute Gasteiger partial charge is 0.189 e. The van der Waals surface area contributed by atoms with E-state index in [0.717, 1.165) is 48.5 Å². The van der Waals surface area contributed by atoms with Gasteiger partial charge in [-0.25, -0.2) is 0 Å². The topological polar surface area (TPSA) is 54.4 Å². The Bertz CT molecular complexity index is 310. The van der Waals surface area contributed by atoms with E-state index in [4.69, 9.17) is 4.89 Å². The summed E-state index contributed by atoms with van der Waals surface area (Å²) >= 11 is 0. The third-order valence-corrected chi connectivity index (χ3v) is 5.72. The molecular formula is C15H31NO3P+. The van der Waals surface area contributed by atoms with Crippen LogP contribution < -0.4 is 0 Å². The van der Waals surface area contributed by atoms with Crippen LogP contribution in [0, 0.1) is 11.8 Å². The van der Waals surface area contributed by atoms with Crippen molar-refractivity contribution in [2.75, 3.05) is 32.3 Å². The molecule has 0 aromatic heterocycles. The Hall–Kier alpha value is -0.180. The van der Waals surface area contributed by atoms with Gasteiger partial charge in [-0.1, -0.05) is 13.8 Å². The van der Waals surface area contributed by atoms with Crippen molar-refractivity contribution >= 4 is 14.3 Å². The molecule has 0 aromatic carbocycles. The fourth-order valence-corrected chi connectivity index (χ4v) is 4.31. The number of hydrogen-bond donors (Lipinski definition) is 1. The Labute approximate surface area is 124 Å². The van der Waals surface area contributed by atoms with Crippen molar-refractivity contribution in [1.82, 2.24) is 0 Å². The molecule has 1 saturated heterocycles. The lowest BCUT2D eigenvalue weighted by molar-refractivity contribution is -0.919. The van der Waals surface area contributed by atoms with Crippen molar-refractivity contribution in [2.45, 2.75) is 46.0 Å². The van der Waals surface area contributed by atoms with Crippen LogP contribution in [0.1, 0.15) is 46.0 Å². The summed E-state index contributed by atoms with van der Waals surface area (Å²) < 4.78 is 12.0. The van der Waals surface area contributed by atoms with Gasteiger partial charge in [-0.3, -0.25) is 4.57 Å². The van der Waals surface area contributed by atoms with Gasteiger partial charge in [-0.2, -0.15) is 0 Å². The maximum atomic E-state index is 10.9. The molecule has 3 atom stereocenters. The van der Waals surface area contributed by atoms with Gasteiger partial charge in [0.2, 0.25) is 0 Å². The van der Waals surface area contributed by atoms with Crippen molar-refractivity contribution in [1.29, 1.82) is 0 Å². The van der Waals surface area contributed by atoms with E-state index in [-0.39, 0.29) is 0 Å². The second-order valence-corrected chi connectivity index (χ2v) is 7.58. The molecule has 118 valence electrons. The monoisotopic (exact) mass is 304 g/mol. The van der Waals surface area contributed by atoms with Crippen LogP contribution in [0.2, 0.25) is 0 Å². The summed E-state index contributed by atoms with van der Waals surface area (Å²) in [5.41, 5.74) is 0. The van der Waals surface area contributed by atoms with Gasteiger partial charge in [0.05, 0.1) is 26.2 Å². The van der Waals surface area contributed by atoms with Gasteiger partial charge in [0.1, 0.15) is 6.29 Å². The second kappa shape index (κ2) is 8.96. The maximum Gasteiger partial charge on any atom is 0.189 e. The standard InChI is InChI=1S/C15H30NO3P/c1-3-14-12-16(8-5-6-10-17,13-15(14)4-2)9-7-11-20(18)19/h10,14-15,20H,3-9,11-13H2,1-2H3/p+1. The molecule has 1 N–H and O–H groups in total. The highest BCUT2D eigenvalue weighted by Crippen LogP contribution is 2.35. The number of rotatable bonds is 10. The molecule has 0 radical (unpaired) electrons. The third-order valence-electron chi connectivity index (χ3n) is 4.94. The van der Waals surface area contributed by atoms with Crippen molar-refractivity contribution in [2.24, 2.45) is 11.8 Å². The summed E-state index contributed by atoms with van der Waals surface area (Å²) in [5, 5.41) is 0. The van der Waals surface area contributed by atoms with Gasteiger partial charge in [0.15, 0.2) is 8.03 Å². The normalized spacial score (nSPS) is 31.4. The van der Waals surface area contributed by atoms with Crippen molar-refractivity contribution in [3.05, 3.63) is 0 Å². The summed E-state index contributed by atoms with van der Waals surface area (Å²) in [4.78, 5) is 19.6. The lowest BCUT2D eigenvalue weighted by Crippen LogP contribution is -2.48. The molecule has 1 rings (SSSR count). The zero-order valence-corrected chi connectivity index (χ0v) is 14.0. The highest BCUT2D eigenvalue weighted by Gasteiger charge is 2.42. The molecule has 1 aliphatic heterocycles. The predicted octanol–water partition coefficient (Wildman–Crippen LogP) is 2.71. The lowest BCUT2D eigenvalue weighted by Gasteiger charge is -2.35. The summed E-state index contributed by atoms with van der Waals surface area (Å²) in [6.45, 7) is 8.98. The molecule has 0 aromatic rings. The Morgan fingerprint density at radius 3 is 2.15 bits per heavy atom. The number of likely N-dealkylation sites (tertiary alicyclic amines) is 1. The predicted molar refractivity (Wildman–Crippen MR) is 83.3 cm³/mol. The van der Waals surface area contributed by atoms with Crippen LogP contribution in [-0.4, -0.2) is 48.0 Å². The van der Waals surface area contributed by atoms with Crippen molar-refractivity contribution in [3.63, 3.8) is 0 Å². The van der Waals surface area contributed by atoms with Gasteiger partial charge < -0.3 is 14.2 Å². The number of unbranched alkanes of at least 4 members (excludes halogenated alkanes) is 1. The summed E-state index contributed by atoms with van der Waals surface area (Å²) in [5.74, 6) is 1.56.